The summed E-state index contributed by atoms with van der Waals surface area (Å²) >= 11 is 1.88. The van der Waals surface area contributed by atoms with Gasteiger partial charge in [0.2, 0.25) is 0 Å². The first-order valence-electron chi connectivity index (χ1n) is 5.80. The highest BCUT2D eigenvalue weighted by atomic mass is 127. The Labute approximate surface area is 127 Å². The smallest absolute Gasteiger partial charge is 0.357 e. The largest absolute Gasteiger partial charge is 0.476 e. The second kappa shape index (κ2) is 5.47. The van der Waals surface area contributed by atoms with Crippen molar-refractivity contribution in [2.75, 3.05) is 0 Å². The molecule has 0 fully saturated rings. The van der Waals surface area contributed by atoms with Gasteiger partial charge in [0, 0.05) is 6.07 Å². The third-order valence-electron chi connectivity index (χ3n) is 2.75. The average Bonchev–Trinajstić information content (AvgIpc) is 2.66. The minimum atomic E-state index is -1.18. The van der Waals surface area contributed by atoms with Crippen molar-refractivity contribution in [2.45, 2.75) is 19.8 Å². The number of carboxylic acid groups (broad SMARTS) is 1. The first-order valence-corrected chi connectivity index (χ1v) is 6.88. The van der Waals surface area contributed by atoms with Crippen molar-refractivity contribution >= 4 is 28.6 Å². The number of aromatic carboxylic acids is 1. The van der Waals surface area contributed by atoms with E-state index in [2.05, 4.69) is 5.10 Å². The summed E-state index contributed by atoms with van der Waals surface area (Å²) in [4.78, 5) is 11.1. The number of halogens is 3. The number of aromatic nitrogens is 2. The summed E-state index contributed by atoms with van der Waals surface area (Å²) in [6.07, 6.45) is 0. The molecule has 0 saturated heterocycles. The Kier molecular flexibility index (Phi) is 4.07. The second-order valence-electron chi connectivity index (χ2n) is 4.52. The van der Waals surface area contributed by atoms with Crippen LogP contribution in [0.15, 0.2) is 18.2 Å². The zero-order valence-corrected chi connectivity index (χ0v) is 12.9. The number of nitrogens with zero attached hydrogens (tertiary/aromatic N) is 2. The van der Waals surface area contributed by atoms with Gasteiger partial charge in [-0.15, -0.1) is 0 Å². The molecule has 106 valence electrons. The van der Waals surface area contributed by atoms with Crippen molar-refractivity contribution < 1.29 is 18.7 Å². The molecule has 0 saturated carbocycles. The molecule has 0 amide bonds. The molecule has 0 spiro atoms. The fraction of sp³-hybridized carbons (Fsp3) is 0.231. The summed E-state index contributed by atoms with van der Waals surface area (Å²) < 4.78 is 28.5. The van der Waals surface area contributed by atoms with Crippen LogP contribution in [0.3, 0.4) is 0 Å². The first-order chi connectivity index (χ1) is 9.32. The van der Waals surface area contributed by atoms with E-state index in [9.17, 15) is 13.6 Å². The summed E-state index contributed by atoms with van der Waals surface area (Å²) in [6.45, 7) is 3.70. The number of carboxylic acids is 1. The lowest BCUT2D eigenvalue weighted by Gasteiger charge is -2.11. The highest BCUT2D eigenvalue weighted by molar-refractivity contribution is 14.1. The lowest BCUT2D eigenvalue weighted by Crippen LogP contribution is -2.07. The topological polar surface area (TPSA) is 55.1 Å². The summed E-state index contributed by atoms with van der Waals surface area (Å²) in [7, 11) is 0. The Morgan fingerprint density at radius 2 is 2.05 bits per heavy atom. The van der Waals surface area contributed by atoms with Crippen molar-refractivity contribution in [3.8, 4) is 5.69 Å². The van der Waals surface area contributed by atoms with Gasteiger partial charge >= 0.3 is 5.97 Å². The van der Waals surface area contributed by atoms with Gasteiger partial charge in [0.15, 0.2) is 11.5 Å². The van der Waals surface area contributed by atoms with Gasteiger partial charge in [-0.25, -0.2) is 18.3 Å². The van der Waals surface area contributed by atoms with Crippen LogP contribution in [0.5, 0.6) is 0 Å². The molecular weight excluding hydrogens is 381 g/mol. The molecule has 2 aromatic rings. The third kappa shape index (κ3) is 2.54. The highest BCUT2D eigenvalue weighted by Gasteiger charge is 2.24. The van der Waals surface area contributed by atoms with Crippen molar-refractivity contribution in [2.24, 2.45) is 0 Å². The summed E-state index contributed by atoms with van der Waals surface area (Å²) in [5.74, 6) is -2.73. The van der Waals surface area contributed by atoms with Crippen molar-refractivity contribution in [1.29, 1.82) is 0 Å². The molecule has 0 aliphatic heterocycles. The number of hydrogen-bond donors (Lipinski definition) is 1. The molecule has 0 aliphatic carbocycles. The van der Waals surface area contributed by atoms with E-state index in [1.165, 1.54) is 10.7 Å². The van der Waals surface area contributed by atoms with Gasteiger partial charge in [0.05, 0.1) is 9.26 Å². The van der Waals surface area contributed by atoms with Crippen LogP contribution in [0.1, 0.15) is 35.9 Å². The standard InChI is InChI=1S/C13H11F2IN2O2/c1-6(2)12-10(16)11(13(19)20)17-18(12)9-4-3-7(14)5-8(9)15/h3-6H,1-2H3,(H,19,20). The molecule has 1 N–H and O–H groups in total. The summed E-state index contributed by atoms with van der Waals surface area (Å²) in [5, 5.41) is 13.0. The number of hydrogen-bond acceptors (Lipinski definition) is 2. The molecule has 7 heteroatoms. The lowest BCUT2D eigenvalue weighted by atomic mass is 10.1. The van der Waals surface area contributed by atoms with Gasteiger partial charge < -0.3 is 5.11 Å². The molecule has 0 radical (unpaired) electrons. The van der Waals surface area contributed by atoms with E-state index in [1.807, 2.05) is 36.4 Å². The van der Waals surface area contributed by atoms with Gasteiger partial charge in [-0.05, 0) is 40.6 Å². The maximum absolute atomic E-state index is 13.9. The van der Waals surface area contributed by atoms with Crippen LogP contribution in [0.4, 0.5) is 8.78 Å². The van der Waals surface area contributed by atoms with Crippen LogP contribution in [0, 0.1) is 15.2 Å². The van der Waals surface area contributed by atoms with Gasteiger partial charge in [-0.3, -0.25) is 0 Å². The maximum atomic E-state index is 13.9. The molecule has 0 aliphatic rings. The van der Waals surface area contributed by atoms with Gasteiger partial charge in [0.25, 0.3) is 0 Å². The van der Waals surface area contributed by atoms with Crippen molar-refractivity contribution in [1.82, 2.24) is 9.78 Å². The van der Waals surface area contributed by atoms with E-state index in [0.29, 0.717) is 9.26 Å². The predicted octanol–water partition coefficient (Wildman–Crippen LogP) is 3.58. The Hall–Kier alpha value is -1.51. The minimum absolute atomic E-state index is 0.0283. The third-order valence-corrected chi connectivity index (χ3v) is 3.81. The van der Waals surface area contributed by atoms with E-state index < -0.39 is 17.6 Å². The van der Waals surface area contributed by atoms with Gasteiger partial charge in [-0.1, -0.05) is 13.8 Å². The summed E-state index contributed by atoms with van der Waals surface area (Å²) in [5.41, 5.74) is 0.465. The highest BCUT2D eigenvalue weighted by Crippen LogP contribution is 2.28. The van der Waals surface area contributed by atoms with E-state index in [-0.39, 0.29) is 17.3 Å². The minimum Gasteiger partial charge on any atom is -0.476 e. The molecule has 0 atom stereocenters. The van der Waals surface area contributed by atoms with Crippen LogP contribution in [0.25, 0.3) is 5.69 Å². The number of carbonyl (C=O) groups is 1. The molecular formula is C13H11F2IN2O2. The van der Waals surface area contributed by atoms with Crippen LogP contribution in [-0.4, -0.2) is 20.9 Å². The van der Waals surface area contributed by atoms with Gasteiger partial charge in [-0.2, -0.15) is 5.10 Å². The zero-order valence-electron chi connectivity index (χ0n) is 10.7. The van der Waals surface area contributed by atoms with E-state index >= 15 is 0 Å². The fourth-order valence-corrected chi connectivity index (χ4v) is 3.07. The molecule has 2 rings (SSSR count). The van der Waals surface area contributed by atoms with E-state index in [0.717, 1.165) is 12.1 Å². The monoisotopic (exact) mass is 392 g/mol. The normalized spacial score (nSPS) is 11.1. The van der Waals surface area contributed by atoms with Crippen LogP contribution in [0.2, 0.25) is 0 Å². The first kappa shape index (κ1) is 14.9. The summed E-state index contributed by atoms with van der Waals surface area (Å²) in [6, 6.07) is 3.09. The Bertz CT molecular complexity index is 683. The zero-order chi connectivity index (χ0) is 15.0. The molecule has 0 bridgehead atoms. The lowest BCUT2D eigenvalue weighted by molar-refractivity contribution is 0.0688. The fourth-order valence-electron chi connectivity index (χ4n) is 1.88. The average molecular weight is 392 g/mol. The van der Waals surface area contributed by atoms with Gasteiger partial charge in [0.1, 0.15) is 11.5 Å². The second-order valence-corrected chi connectivity index (χ2v) is 5.59. The quantitative estimate of drug-likeness (QED) is 0.813. The Morgan fingerprint density at radius 3 is 2.55 bits per heavy atom. The predicted molar refractivity (Wildman–Crippen MR) is 77.2 cm³/mol. The van der Waals surface area contributed by atoms with E-state index in [1.54, 1.807) is 0 Å². The maximum Gasteiger partial charge on any atom is 0.357 e. The molecule has 4 nitrogen and oxygen atoms in total. The van der Waals surface area contributed by atoms with E-state index in [4.69, 9.17) is 5.11 Å². The van der Waals surface area contributed by atoms with Crippen molar-refractivity contribution in [3.63, 3.8) is 0 Å². The van der Waals surface area contributed by atoms with Crippen LogP contribution >= 0.6 is 22.6 Å². The number of benzene rings is 1. The Morgan fingerprint density at radius 1 is 1.40 bits per heavy atom. The Balaban J connectivity index is 2.73. The SMILES string of the molecule is CC(C)c1c(I)c(C(=O)O)nn1-c1ccc(F)cc1F. The van der Waals surface area contributed by atoms with Crippen LogP contribution in [-0.2, 0) is 0 Å². The number of rotatable bonds is 3. The molecule has 1 aromatic heterocycles. The molecule has 1 aromatic carbocycles. The molecule has 0 unspecified atom stereocenters. The van der Waals surface area contributed by atoms with Crippen LogP contribution < -0.4 is 0 Å². The van der Waals surface area contributed by atoms with Crippen molar-refractivity contribution in [3.05, 3.63) is 44.8 Å². The molecule has 1 heterocycles. The molecule has 20 heavy (non-hydrogen) atoms.